The number of halogens is 1. The fourth-order valence-corrected chi connectivity index (χ4v) is 5.65. The Morgan fingerprint density at radius 2 is 1.81 bits per heavy atom. The average molecular weight is 480 g/mol. The lowest BCUT2D eigenvalue weighted by Gasteiger charge is -2.21. The molecule has 0 N–H and O–H groups in total. The first-order valence-corrected chi connectivity index (χ1v) is 12.8. The van der Waals surface area contributed by atoms with E-state index in [4.69, 9.17) is 11.6 Å². The van der Waals surface area contributed by atoms with Crippen molar-refractivity contribution in [2.75, 3.05) is 37.8 Å². The summed E-state index contributed by atoms with van der Waals surface area (Å²) in [5.41, 5.74) is 1.64. The molecule has 2 aromatic carbocycles. The third-order valence-corrected chi connectivity index (χ3v) is 7.92. The van der Waals surface area contributed by atoms with Crippen LogP contribution in [0.15, 0.2) is 47.4 Å². The summed E-state index contributed by atoms with van der Waals surface area (Å²) in [5.74, 6) is -0.505. The van der Waals surface area contributed by atoms with Crippen LogP contribution in [0.4, 0.5) is 5.13 Å². The van der Waals surface area contributed by atoms with Crippen molar-refractivity contribution in [3.63, 3.8) is 0 Å². The number of para-hydroxylation sites is 1. The monoisotopic (exact) mass is 479 g/mol. The Labute approximate surface area is 192 Å². The van der Waals surface area contributed by atoms with Gasteiger partial charge in [0, 0.05) is 13.0 Å². The molecule has 0 bridgehead atoms. The molecule has 0 unspecified atom stereocenters. The van der Waals surface area contributed by atoms with Crippen LogP contribution in [0.3, 0.4) is 0 Å². The second-order valence-corrected chi connectivity index (χ2v) is 11.2. The van der Waals surface area contributed by atoms with Gasteiger partial charge < -0.3 is 4.90 Å². The Balaban J connectivity index is 1.80. The molecule has 166 valence electrons. The minimum atomic E-state index is -3.55. The van der Waals surface area contributed by atoms with Gasteiger partial charge in [-0.2, -0.15) is 0 Å². The van der Waals surface area contributed by atoms with Gasteiger partial charge in [0.1, 0.15) is 5.52 Å². The van der Waals surface area contributed by atoms with E-state index in [0.717, 1.165) is 23.2 Å². The van der Waals surface area contributed by atoms with Crippen LogP contribution >= 0.6 is 22.9 Å². The molecular weight excluding hydrogens is 454 g/mol. The first kappa shape index (κ1) is 23.7. The Bertz CT molecular complexity index is 1160. The Kier molecular flexibility index (Phi) is 7.69. The van der Waals surface area contributed by atoms with Gasteiger partial charge >= 0.3 is 0 Å². The van der Waals surface area contributed by atoms with E-state index < -0.39 is 9.84 Å². The molecular formula is C22H26ClN3O3S2. The lowest BCUT2D eigenvalue weighted by atomic mass is 10.2. The first-order valence-electron chi connectivity index (χ1n) is 9.97. The molecule has 0 aliphatic carbocycles. The smallest absolute Gasteiger partial charge is 0.229 e. The lowest BCUT2D eigenvalue weighted by Crippen LogP contribution is -2.34. The van der Waals surface area contributed by atoms with Gasteiger partial charge in [0.15, 0.2) is 15.0 Å². The molecule has 0 fully saturated rings. The molecule has 1 heterocycles. The zero-order valence-corrected chi connectivity index (χ0v) is 20.2. The van der Waals surface area contributed by atoms with E-state index >= 15 is 0 Å². The van der Waals surface area contributed by atoms with Gasteiger partial charge in [-0.15, -0.1) is 0 Å². The predicted molar refractivity (Wildman–Crippen MR) is 128 cm³/mol. The number of thiazole rings is 1. The van der Waals surface area contributed by atoms with Crippen LogP contribution in [0.5, 0.6) is 0 Å². The van der Waals surface area contributed by atoms with Gasteiger partial charge in [-0.3, -0.25) is 9.69 Å². The summed E-state index contributed by atoms with van der Waals surface area (Å²) in [6.07, 6.45) is 0.634. The van der Waals surface area contributed by atoms with E-state index in [1.54, 1.807) is 35.2 Å². The van der Waals surface area contributed by atoms with E-state index in [1.165, 1.54) is 11.3 Å². The summed E-state index contributed by atoms with van der Waals surface area (Å²) in [6.45, 7) is 3.16. The van der Waals surface area contributed by atoms with Crippen LogP contribution in [0, 0.1) is 6.92 Å². The minimum absolute atomic E-state index is 0.109. The Morgan fingerprint density at radius 3 is 2.45 bits per heavy atom. The summed E-state index contributed by atoms with van der Waals surface area (Å²) in [5, 5.41) is 1.07. The number of benzene rings is 2. The predicted octanol–water partition coefficient (Wildman–Crippen LogP) is 4.41. The molecule has 31 heavy (non-hydrogen) atoms. The number of fused-ring (bicyclic) bond motifs is 1. The van der Waals surface area contributed by atoms with Crippen molar-refractivity contribution in [2.24, 2.45) is 0 Å². The molecule has 3 rings (SSSR count). The van der Waals surface area contributed by atoms with E-state index in [-0.39, 0.29) is 23.0 Å². The molecule has 0 saturated carbocycles. The highest BCUT2D eigenvalue weighted by Crippen LogP contribution is 2.33. The molecule has 0 atom stereocenters. The van der Waals surface area contributed by atoms with Gasteiger partial charge in [0.2, 0.25) is 5.91 Å². The van der Waals surface area contributed by atoms with Crippen molar-refractivity contribution < 1.29 is 13.2 Å². The van der Waals surface area contributed by atoms with Crippen molar-refractivity contribution in [1.29, 1.82) is 0 Å². The maximum absolute atomic E-state index is 13.1. The fourth-order valence-electron chi connectivity index (χ4n) is 3.11. The summed E-state index contributed by atoms with van der Waals surface area (Å²) in [4.78, 5) is 21.5. The highest BCUT2D eigenvalue weighted by atomic mass is 35.5. The number of nitrogens with zero attached hydrogens (tertiary/aromatic N) is 3. The average Bonchev–Trinajstić information content (AvgIpc) is 3.15. The maximum atomic E-state index is 13.1. The minimum Gasteiger partial charge on any atom is -0.309 e. The molecule has 0 spiro atoms. The van der Waals surface area contributed by atoms with E-state index in [2.05, 4.69) is 4.98 Å². The second kappa shape index (κ2) is 10.1. The van der Waals surface area contributed by atoms with Gasteiger partial charge in [-0.05, 0) is 58.3 Å². The Hall–Kier alpha value is -2.00. The van der Waals surface area contributed by atoms with Crippen molar-refractivity contribution in [3.8, 4) is 0 Å². The van der Waals surface area contributed by atoms with Crippen LogP contribution in [0.1, 0.15) is 18.4 Å². The number of hydrogen-bond donors (Lipinski definition) is 0. The maximum Gasteiger partial charge on any atom is 0.229 e. The van der Waals surface area contributed by atoms with Gasteiger partial charge in [-0.25, -0.2) is 13.4 Å². The summed E-state index contributed by atoms with van der Waals surface area (Å²) in [6, 6.07) is 12.2. The fraction of sp³-hybridized carbons (Fsp3) is 0.364. The molecule has 0 aliphatic rings. The normalized spacial score (nSPS) is 11.9. The van der Waals surface area contributed by atoms with E-state index in [1.807, 2.05) is 38.1 Å². The molecule has 1 aromatic heterocycles. The summed E-state index contributed by atoms with van der Waals surface area (Å²) in [7, 11) is 0.393. The van der Waals surface area contributed by atoms with E-state index in [9.17, 15) is 13.2 Å². The highest BCUT2D eigenvalue weighted by molar-refractivity contribution is 7.91. The SMILES string of the molecule is Cc1ccc(S(=O)(=O)CCC(=O)N(CCCN(C)C)c2nc3c(Cl)cccc3s2)cc1. The third-order valence-electron chi connectivity index (χ3n) is 4.84. The molecule has 0 aliphatic heterocycles. The summed E-state index contributed by atoms with van der Waals surface area (Å²) >= 11 is 7.64. The zero-order chi connectivity index (χ0) is 22.6. The van der Waals surface area contributed by atoms with Crippen LogP contribution in [0.25, 0.3) is 10.2 Å². The van der Waals surface area contributed by atoms with E-state index in [0.29, 0.717) is 22.2 Å². The number of amides is 1. The molecule has 3 aromatic rings. The second-order valence-electron chi connectivity index (χ2n) is 7.67. The number of sulfone groups is 1. The number of carbonyl (C=O) groups is 1. The number of aromatic nitrogens is 1. The van der Waals surface area contributed by atoms with Crippen molar-refractivity contribution in [1.82, 2.24) is 9.88 Å². The summed E-state index contributed by atoms with van der Waals surface area (Å²) < 4.78 is 26.3. The zero-order valence-electron chi connectivity index (χ0n) is 17.8. The van der Waals surface area contributed by atoms with Crippen molar-refractivity contribution in [2.45, 2.75) is 24.7 Å². The van der Waals surface area contributed by atoms with Crippen LogP contribution in [-0.2, 0) is 14.6 Å². The number of anilines is 1. The first-order chi connectivity index (χ1) is 14.7. The van der Waals surface area contributed by atoms with Gasteiger partial charge in [0.05, 0.1) is 20.4 Å². The van der Waals surface area contributed by atoms with Crippen molar-refractivity contribution in [3.05, 3.63) is 53.1 Å². The third kappa shape index (κ3) is 6.04. The van der Waals surface area contributed by atoms with Gasteiger partial charge in [-0.1, -0.05) is 46.7 Å². The quantitative estimate of drug-likeness (QED) is 0.454. The largest absolute Gasteiger partial charge is 0.309 e. The molecule has 1 amide bonds. The molecule has 6 nitrogen and oxygen atoms in total. The number of aryl methyl sites for hydroxylation is 1. The number of rotatable bonds is 9. The lowest BCUT2D eigenvalue weighted by molar-refractivity contribution is -0.118. The van der Waals surface area contributed by atoms with Crippen LogP contribution < -0.4 is 4.90 Å². The van der Waals surface area contributed by atoms with Crippen LogP contribution in [-0.4, -0.2) is 57.1 Å². The van der Waals surface area contributed by atoms with Crippen LogP contribution in [0.2, 0.25) is 5.02 Å². The Morgan fingerprint density at radius 1 is 1.10 bits per heavy atom. The standard InChI is InChI=1S/C22H26ClN3O3S2/c1-16-8-10-17(11-9-16)31(28,29)15-12-20(27)26(14-5-13-25(2)3)22-24-21-18(23)6-4-7-19(21)30-22/h4,6-11H,5,12-15H2,1-3H3. The number of carbonyl (C=O) groups excluding carboxylic acids is 1. The molecule has 0 radical (unpaired) electrons. The number of hydrogen-bond acceptors (Lipinski definition) is 6. The topological polar surface area (TPSA) is 70.6 Å². The van der Waals surface area contributed by atoms with Crippen molar-refractivity contribution >= 4 is 54.0 Å². The van der Waals surface area contributed by atoms with Gasteiger partial charge in [0.25, 0.3) is 0 Å². The molecule has 0 saturated heterocycles. The molecule has 9 heteroatoms. The highest BCUT2D eigenvalue weighted by Gasteiger charge is 2.23.